The van der Waals surface area contributed by atoms with Crippen LogP contribution in [0.4, 0.5) is 0 Å². The van der Waals surface area contributed by atoms with Crippen molar-refractivity contribution in [3.8, 4) is 5.75 Å². The summed E-state index contributed by atoms with van der Waals surface area (Å²) in [5.74, 6) is 1.91. The van der Waals surface area contributed by atoms with Crippen LogP contribution in [0.3, 0.4) is 0 Å². The fraction of sp³-hybridized carbons (Fsp3) is 0.348. The van der Waals surface area contributed by atoms with Crippen LogP contribution in [0.15, 0.2) is 54.6 Å². The maximum atomic E-state index is 10.6. The molecule has 3 aromatic rings. The van der Waals surface area contributed by atoms with Gasteiger partial charge in [0, 0.05) is 45.2 Å². The highest BCUT2D eigenvalue weighted by Crippen LogP contribution is 2.24. The van der Waals surface area contributed by atoms with Crippen LogP contribution in [0, 0.1) is 0 Å². The number of rotatable bonds is 6. The van der Waals surface area contributed by atoms with Gasteiger partial charge in [0.1, 0.15) is 11.6 Å². The van der Waals surface area contributed by atoms with Crippen LogP contribution in [0.25, 0.3) is 0 Å². The molecule has 0 aliphatic carbocycles. The number of aliphatic hydroxyl groups is 1. The Balaban J connectivity index is 1.43. The molecule has 0 radical (unpaired) electrons. The lowest BCUT2D eigenvalue weighted by molar-refractivity contribution is 0.104. The topological polar surface area (TPSA) is 50.5 Å². The van der Waals surface area contributed by atoms with Gasteiger partial charge in [-0.2, -0.15) is 0 Å². The average Bonchev–Trinajstić information content (AvgIpc) is 3.03. The highest BCUT2D eigenvalue weighted by Gasteiger charge is 2.24. The number of aliphatic hydroxyl groups excluding tert-OH is 1. The summed E-state index contributed by atoms with van der Waals surface area (Å²) in [5.41, 5.74) is 4.65. The van der Waals surface area contributed by atoms with Crippen LogP contribution in [0.1, 0.15) is 34.4 Å². The molecule has 2 heterocycles. The van der Waals surface area contributed by atoms with Crippen molar-refractivity contribution in [1.82, 2.24) is 14.5 Å². The Labute approximate surface area is 166 Å². The summed E-state index contributed by atoms with van der Waals surface area (Å²) in [6, 6.07) is 18.1. The van der Waals surface area contributed by atoms with E-state index in [1.54, 1.807) is 7.11 Å². The van der Waals surface area contributed by atoms with Crippen LogP contribution in [0.5, 0.6) is 5.75 Å². The summed E-state index contributed by atoms with van der Waals surface area (Å²) in [7, 11) is 3.77. The Bertz CT molecular complexity index is 919. The molecular formula is C23H27N3O2. The Hall–Kier alpha value is -2.63. The van der Waals surface area contributed by atoms with Crippen molar-refractivity contribution < 1.29 is 9.84 Å². The van der Waals surface area contributed by atoms with Gasteiger partial charge in [0.05, 0.1) is 18.9 Å². The van der Waals surface area contributed by atoms with Crippen LogP contribution >= 0.6 is 0 Å². The molecular weight excluding hydrogens is 350 g/mol. The first-order valence-electron chi connectivity index (χ1n) is 9.75. The molecule has 1 aliphatic heterocycles. The predicted molar refractivity (Wildman–Crippen MR) is 109 cm³/mol. The highest BCUT2D eigenvalue weighted by atomic mass is 16.5. The van der Waals surface area contributed by atoms with E-state index in [-0.39, 0.29) is 0 Å². The molecule has 1 aromatic heterocycles. The third-order valence-electron chi connectivity index (χ3n) is 5.56. The molecule has 1 N–H and O–H groups in total. The van der Waals surface area contributed by atoms with E-state index < -0.39 is 6.10 Å². The van der Waals surface area contributed by atoms with E-state index in [2.05, 4.69) is 40.8 Å². The van der Waals surface area contributed by atoms with Gasteiger partial charge in [-0.25, -0.2) is 4.98 Å². The summed E-state index contributed by atoms with van der Waals surface area (Å²) in [6.45, 7) is 2.33. The van der Waals surface area contributed by atoms with E-state index in [4.69, 9.17) is 9.72 Å². The number of nitrogens with zero attached hydrogens (tertiary/aromatic N) is 3. The van der Waals surface area contributed by atoms with Gasteiger partial charge in [-0.1, -0.05) is 42.5 Å². The van der Waals surface area contributed by atoms with Gasteiger partial charge in [-0.15, -0.1) is 0 Å². The molecule has 28 heavy (non-hydrogen) atoms. The third kappa shape index (κ3) is 3.96. The molecule has 0 fully saturated rings. The van der Waals surface area contributed by atoms with Crippen molar-refractivity contribution in [3.63, 3.8) is 0 Å². The largest absolute Gasteiger partial charge is 0.497 e. The summed E-state index contributed by atoms with van der Waals surface area (Å²) in [4.78, 5) is 7.21. The van der Waals surface area contributed by atoms with Crippen molar-refractivity contribution in [2.45, 2.75) is 25.5 Å². The molecule has 5 nitrogen and oxygen atoms in total. The highest BCUT2D eigenvalue weighted by molar-refractivity contribution is 5.29. The third-order valence-corrected chi connectivity index (χ3v) is 5.56. The molecule has 5 heteroatoms. The van der Waals surface area contributed by atoms with Gasteiger partial charge in [-0.05, 0) is 23.3 Å². The van der Waals surface area contributed by atoms with Gasteiger partial charge in [0.25, 0.3) is 0 Å². The standard InChI is InChI=1S/C23H27N3O2/c1-25-21-12-13-26(16-22(27)18-8-10-19(28-2)11-9-18)15-20(21)24-23(25)14-17-6-4-3-5-7-17/h3-11,22,27H,12-16H2,1-2H3/t22-/m0/s1. The lowest BCUT2D eigenvalue weighted by Crippen LogP contribution is -2.34. The van der Waals surface area contributed by atoms with E-state index >= 15 is 0 Å². The second-order valence-electron chi connectivity index (χ2n) is 7.42. The average molecular weight is 377 g/mol. The van der Waals surface area contributed by atoms with Crippen molar-refractivity contribution in [1.29, 1.82) is 0 Å². The minimum Gasteiger partial charge on any atom is -0.497 e. The zero-order chi connectivity index (χ0) is 19.5. The summed E-state index contributed by atoms with van der Waals surface area (Å²) in [5, 5.41) is 10.6. The van der Waals surface area contributed by atoms with Crippen molar-refractivity contribution in [2.24, 2.45) is 7.05 Å². The predicted octanol–water partition coefficient (Wildman–Crippen LogP) is 3.11. The molecule has 0 saturated carbocycles. The second kappa shape index (κ2) is 8.17. The summed E-state index contributed by atoms with van der Waals surface area (Å²) < 4.78 is 7.44. The van der Waals surface area contributed by atoms with E-state index in [9.17, 15) is 5.11 Å². The van der Waals surface area contributed by atoms with Crippen molar-refractivity contribution >= 4 is 0 Å². The molecule has 0 bridgehead atoms. The van der Waals surface area contributed by atoms with Crippen molar-refractivity contribution in [2.75, 3.05) is 20.2 Å². The van der Waals surface area contributed by atoms with Crippen LogP contribution in [-0.2, 0) is 26.4 Å². The molecule has 0 unspecified atom stereocenters. The summed E-state index contributed by atoms with van der Waals surface area (Å²) in [6.07, 6.45) is 1.29. The SMILES string of the molecule is COc1ccc([C@@H](O)CN2CCc3c(nc(Cc4ccccc4)n3C)C2)cc1. The number of hydrogen-bond donors (Lipinski definition) is 1. The zero-order valence-electron chi connectivity index (χ0n) is 16.5. The minimum absolute atomic E-state index is 0.514. The number of ether oxygens (including phenoxy) is 1. The smallest absolute Gasteiger partial charge is 0.118 e. The number of methoxy groups -OCH3 is 1. The maximum absolute atomic E-state index is 10.6. The molecule has 2 aromatic carbocycles. The first kappa shape index (κ1) is 18.7. The number of β-amino-alcohol motifs (C(OH)–C–C–N with tert-alkyl or cyclic N) is 1. The Kier molecular flexibility index (Phi) is 5.46. The zero-order valence-corrected chi connectivity index (χ0v) is 16.5. The van der Waals surface area contributed by atoms with Gasteiger partial charge >= 0.3 is 0 Å². The van der Waals surface area contributed by atoms with Crippen LogP contribution in [-0.4, -0.2) is 39.8 Å². The van der Waals surface area contributed by atoms with Crippen LogP contribution < -0.4 is 4.74 Å². The number of benzene rings is 2. The first-order valence-corrected chi connectivity index (χ1v) is 9.75. The molecule has 0 saturated heterocycles. The van der Waals surface area contributed by atoms with Gasteiger partial charge in [-0.3, -0.25) is 4.90 Å². The quantitative estimate of drug-likeness (QED) is 0.717. The molecule has 146 valence electrons. The number of fused-ring (bicyclic) bond motifs is 1. The normalized spacial score (nSPS) is 15.2. The van der Waals surface area contributed by atoms with Crippen LogP contribution in [0.2, 0.25) is 0 Å². The first-order chi connectivity index (χ1) is 13.6. The van der Waals surface area contributed by atoms with E-state index in [0.717, 1.165) is 48.8 Å². The Morgan fingerprint density at radius 1 is 1.11 bits per heavy atom. The Morgan fingerprint density at radius 3 is 2.57 bits per heavy atom. The van der Waals surface area contributed by atoms with Gasteiger partial charge in [0.15, 0.2) is 0 Å². The van der Waals surface area contributed by atoms with Gasteiger partial charge < -0.3 is 14.4 Å². The monoisotopic (exact) mass is 377 g/mol. The Morgan fingerprint density at radius 2 is 1.86 bits per heavy atom. The fourth-order valence-corrected chi connectivity index (χ4v) is 3.91. The maximum Gasteiger partial charge on any atom is 0.118 e. The van der Waals surface area contributed by atoms with Gasteiger partial charge in [0.2, 0.25) is 0 Å². The number of hydrogen-bond acceptors (Lipinski definition) is 4. The molecule has 0 amide bonds. The van der Waals surface area contributed by atoms with E-state index in [1.807, 2.05) is 30.3 Å². The van der Waals surface area contributed by atoms with E-state index in [1.165, 1.54) is 11.3 Å². The lowest BCUT2D eigenvalue weighted by Gasteiger charge is -2.28. The molecule has 1 atom stereocenters. The second-order valence-corrected chi connectivity index (χ2v) is 7.42. The molecule has 1 aliphatic rings. The number of imidazole rings is 1. The lowest BCUT2D eigenvalue weighted by atomic mass is 10.1. The minimum atomic E-state index is -0.514. The summed E-state index contributed by atoms with van der Waals surface area (Å²) >= 11 is 0. The molecule has 4 rings (SSSR count). The fourth-order valence-electron chi connectivity index (χ4n) is 3.91. The van der Waals surface area contributed by atoms with E-state index in [0.29, 0.717) is 6.54 Å². The van der Waals surface area contributed by atoms with Crippen molar-refractivity contribution in [3.05, 3.63) is 82.9 Å². The number of aromatic nitrogens is 2. The molecule has 0 spiro atoms.